The Bertz CT molecular complexity index is 753. The average Bonchev–Trinajstić information content (AvgIpc) is 2.85. The second kappa shape index (κ2) is 4.46. The summed E-state index contributed by atoms with van der Waals surface area (Å²) >= 11 is 0. The second-order valence-electron chi connectivity index (χ2n) is 4.27. The van der Waals surface area contributed by atoms with Gasteiger partial charge in [0.15, 0.2) is 0 Å². The third-order valence-electron chi connectivity index (χ3n) is 3.18. The minimum Gasteiger partial charge on any atom is -0.340 e. The quantitative estimate of drug-likeness (QED) is 0.757. The molecule has 0 atom stereocenters. The Morgan fingerprint density at radius 3 is 2.63 bits per heavy atom. The van der Waals surface area contributed by atoms with Crippen molar-refractivity contribution in [3.63, 3.8) is 0 Å². The molecule has 0 radical (unpaired) electrons. The van der Waals surface area contributed by atoms with Crippen molar-refractivity contribution in [3.8, 4) is 6.07 Å². The van der Waals surface area contributed by atoms with Crippen LogP contribution in [0.2, 0.25) is 0 Å². The molecule has 0 spiro atoms. The number of fused-ring (bicyclic) bond motifs is 1. The van der Waals surface area contributed by atoms with E-state index in [-0.39, 0.29) is 0 Å². The molecule has 2 heterocycles. The minimum atomic E-state index is 0.662. The summed E-state index contributed by atoms with van der Waals surface area (Å²) in [5.74, 6) is 0.801. The summed E-state index contributed by atoms with van der Waals surface area (Å²) in [5.41, 5.74) is 2.61. The molecule has 0 aliphatic heterocycles. The molecule has 4 nitrogen and oxygen atoms in total. The van der Waals surface area contributed by atoms with E-state index in [1.165, 1.54) is 0 Å². The zero-order valence-electron chi connectivity index (χ0n) is 10.5. The first-order valence-electron chi connectivity index (χ1n) is 5.96. The van der Waals surface area contributed by atoms with Gasteiger partial charge in [-0.25, -0.2) is 0 Å². The highest BCUT2D eigenvalue weighted by molar-refractivity contribution is 5.92. The fourth-order valence-corrected chi connectivity index (χ4v) is 2.19. The fraction of sp³-hybridized carbons (Fsp3) is 0.0667. The lowest BCUT2D eigenvalue weighted by Gasteiger charge is -2.17. The van der Waals surface area contributed by atoms with Crippen molar-refractivity contribution in [1.29, 1.82) is 5.26 Å². The molecule has 0 aliphatic carbocycles. The van der Waals surface area contributed by atoms with E-state index in [2.05, 4.69) is 16.0 Å². The zero-order chi connectivity index (χ0) is 13.2. The molecule has 0 bridgehead atoms. The summed E-state index contributed by atoms with van der Waals surface area (Å²) in [6.07, 6.45) is 3.47. The van der Waals surface area contributed by atoms with Crippen molar-refractivity contribution in [1.82, 2.24) is 9.97 Å². The Hall–Kier alpha value is -2.80. The summed E-state index contributed by atoms with van der Waals surface area (Å²) in [6.45, 7) is 0. The normalized spacial score (nSPS) is 10.3. The number of hydrogen-bond donors (Lipinski definition) is 1. The Kier molecular flexibility index (Phi) is 2.66. The van der Waals surface area contributed by atoms with Crippen LogP contribution >= 0.6 is 0 Å². The number of hydrogen-bond acceptors (Lipinski definition) is 3. The van der Waals surface area contributed by atoms with Crippen LogP contribution in [-0.2, 0) is 0 Å². The van der Waals surface area contributed by atoms with Crippen LogP contribution in [-0.4, -0.2) is 17.0 Å². The maximum atomic E-state index is 9.39. The van der Waals surface area contributed by atoms with E-state index in [1.54, 1.807) is 12.4 Å². The average molecular weight is 248 g/mol. The molecule has 19 heavy (non-hydrogen) atoms. The first-order valence-corrected chi connectivity index (χ1v) is 5.96. The van der Waals surface area contributed by atoms with Crippen LogP contribution in [0, 0.1) is 11.3 Å². The van der Waals surface area contributed by atoms with Crippen molar-refractivity contribution >= 4 is 22.4 Å². The molecule has 1 aromatic carbocycles. The van der Waals surface area contributed by atoms with Crippen LogP contribution in [0.1, 0.15) is 5.56 Å². The molecule has 0 saturated carbocycles. The molecule has 1 N–H and O–H groups in total. The molecule has 0 amide bonds. The molecule has 3 rings (SSSR count). The van der Waals surface area contributed by atoms with E-state index in [0.717, 1.165) is 22.4 Å². The Morgan fingerprint density at radius 1 is 1.16 bits per heavy atom. The summed E-state index contributed by atoms with van der Waals surface area (Å²) < 4.78 is 0. The molecule has 0 saturated heterocycles. The standard InChI is InChI=1S/C15H12N4/c1-19(11-6-8-17-9-7-11)15-13(10-16)12-4-2-3-5-14(12)18-15/h2-9,18H,1H3. The Labute approximate surface area is 110 Å². The minimum absolute atomic E-state index is 0.662. The number of anilines is 2. The lowest BCUT2D eigenvalue weighted by atomic mass is 10.2. The van der Waals surface area contributed by atoms with Crippen molar-refractivity contribution in [2.45, 2.75) is 0 Å². The number of benzene rings is 1. The van der Waals surface area contributed by atoms with Gasteiger partial charge in [-0.3, -0.25) is 4.98 Å². The number of para-hydroxylation sites is 1. The van der Waals surface area contributed by atoms with Gasteiger partial charge in [-0.05, 0) is 18.2 Å². The zero-order valence-corrected chi connectivity index (χ0v) is 10.5. The highest BCUT2D eigenvalue weighted by atomic mass is 15.2. The number of nitrogens with one attached hydrogen (secondary N) is 1. The lowest BCUT2D eigenvalue weighted by molar-refractivity contribution is 1.14. The predicted molar refractivity (Wildman–Crippen MR) is 75.3 cm³/mol. The van der Waals surface area contributed by atoms with E-state index < -0.39 is 0 Å². The summed E-state index contributed by atoms with van der Waals surface area (Å²) in [6, 6.07) is 13.9. The molecule has 0 unspecified atom stereocenters. The topological polar surface area (TPSA) is 55.7 Å². The molecule has 0 aliphatic rings. The van der Waals surface area contributed by atoms with E-state index >= 15 is 0 Å². The Balaban J connectivity index is 2.18. The Morgan fingerprint density at radius 2 is 1.89 bits per heavy atom. The summed E-state index contributed by atoms with van der Waals surface area (Å²) in [5, 5.41) is 10.3. The SMILES string of the molecule is CN(c1ccncc1)c1[nH]c2ccccc2c1C#N. The molecular formula is C15H12N4. The van der Waals surface area contributed by atoms with Crippen LogP contribution in [0.4, 0.5) is 11.5 Å². The van der Waals surface area contributed by atoms with Crippen LogP contribution < -0.4 is 4.90 Å². The molecular weight excluding hydrogens is 236 g/mol. The van der Waals surface area contributed by atoms with Crippen LogP contribution in [0.15, 0.2) is 48.8 Å². The van der Waals surface area contributed by atoms with E-state index in [4.69, 9.17) is 0 Å². The summed E-state index contributed by atoms with van der Waals surface area (Å²) in [7, 11) is 1.93. The maximum absolute atomic E-state index is 9.39. The third kappa shape index (κ3) is 1.81. The van der Waals surface area contributed by atoms with Crippen LogP contribution in [0.3, 0.4) is 0 Å². The highest BCUT2D eigenvalue weighted by Crippen LogP contribution is 2.31. The number of rotatable bonds is 2. The first-order chi connectivity index (χ1) is 9.31. The van der Waals surface area contributed by atoms with Crippen molar-refractivity contribution in [3.05, 3.63) is 54.4 Å². The summed E-state index contributed by atoms with van der Waals surface area (Å²) in [4.78, 5) is 9.26. The number of nitriles is 1. The van der Waals surface area contributed by atoms with E-state index in [1.807, 2.05) is 48.3 Å². The number of H-pyrrole nitrogens is 1. The van der Waals surface area contributed by atoms with Gasteiger partial charge in [0.1, 0.15) is 17.5 Å². The van der Waals surface area contributed by atoms with Gasteiger partial charge in [-0.1, -0.05) is 18.2 Å². The van der Waals surface area contributed by atoms with Crippen molar-refractivity contribution < 1.29 is 0 Å². The lowest BCUT2D eigenvalue weighted by Crippen LogP contribution is -2.10. The predicted octanol–water partition coefficient (Wildman–Crippen LogP) is 3.20. The first kappa shape index (κ1) is 11.3. The van der Waals surface area contributed by atoms with Gasteiger partial charge in [0, 0.05) is 36.0 Å². The smallest absolute Gasteiger partial charge is 0.129 e. The molecule has 0 fully saturated rings. The van der Waals surface area contributed by atoms with Gasteiger partial charge in [-0.2, -0.15) is 5.26 Å². The molecule has 2 aromatic heterocycles. The van der Waals surface area contributed by atoms with Crippen LogP contribution in [0.5, 0.6) is 0 Å². The largest absolute Gasteiger partial charge is 0.340 e. The second-order valence-corrected chi connectivity index (χ2v) is 4.27. The molecule has 4 heteroatoms. The number of pyridine rings is 1. The van der Waals surface area contributed by atoms with Crippen LogP contribution in [0.25, 0.3) is 10.9 Å². The van der Waals surface area contributed by atoms with Gasteiger partial charge >= 0.3 is 0 Å². The van der Waals surface area contributed by atoms with Gasteiger partial charge in [-0.15, -0.1) is 0 Å². The number of aromatic nitrogens is 2. The van der Waals surface area contributed by atoms with Gasteiger partial charge in [0.25, 0.3) is 0 Å². The molecule has 3 aromatic rings. The van der Waals surface area contributed by atoms with Gasteiger partial charge in [0.05, 0.1) is 0 Å². The third-order valence-corrected chi connectivity index (χ3v) is 3.18. The van der Waals surface area contributed by atoms with Gasteiger partial charge < -0.3 is 9.88 Å². The number of aromatic amines is 1. The fourth-order valence-electron chi connectivity index (χ4n) is 2.19. The van der Waals surface area contributed by atoms with E-state index in [0.29, 0.717) is 5.56 Å². The van der Waals surface area contributed by atoms with E-state index in [9.17, 15) is 5.26 Å². The highest BCUT2D eigenvalue weighted by Gasteiger charge is 2.15. The van der Waals surface area contributed by atoms with Crippen molar-refractivity contribution in [2.75, 3.05) is 11.9 Å². The molecule has 92 valence electrons. The van der Waals surface area contributed by atoms with Crippen molar-refractivity contribution in [2.24, 2.45) is 0 Å². The maximum Gasteiger partial charge on any atom is 0.129 e. The van der Waals surface area contributed by atoms with Gasteiger partial charge in [0.2, 0.25) is 0 Å². The monoisotopic (exact) mass is 248 g/mol. The number of nitrogens with zero attached hydrogens (tertiary/aromatic N) is 3.